The lowest BCUT2D eigenvalue weighted by molar-refractivity contribution is -0.136. The summed E-state index contributed by atoms with van der Waals surface area (Å²) in [5, 5.41) is 5.61. The highest BCUT2D eigenvalue weighted by Gasteiger charge is 2.47. The summed E-state index contributed by atoms with van der Waals surface area (Å²) in [6.07, 6.45) is 0.749. The smallest absolute Gasteiger partial charge is 0.410 e. The maximum absolute atomic E-state index is 14.7. The number of nitrogens with one attached hydrogen (secondary N) is 3. The van der Waals surface area contributed by atoms with Crippen molar-refractivity contribution in [1.82, 2.24) is 40.2 Å². The molecule has 0 radical (unpaired) electrons. The molecule has 23 heteroatoms. The lowest BCUT2D eigenvalue weighted by Gasteiger charge is -2.31. The van der Waals surface area contributed by atoms with E-state index in [-0.39, 0.29) is 63.3 Å². The number of aromatic amines is 1. The van der Waals surface area contributed by atoms with Gasteiger partial charge in [-0.1, -0.05) is 88.4 Å². The Labute approximate surface area is 522 Å². The number of benzene rings is 4. The van der Waals surface area contributed by atoms with Crippen LogP contribution in [0.25, 0.3) is 28.0 Å². The number of alkyl carbamates (subject to hydrolysis) is 2. The summed E-state index contributed by atoms with van der Waals surface area (Å²) in [5.74, 6) is 1.76. The fraction of sp³-hybridized carbons (Fsp3) is 0.463. The quantitative estimate of drug-likeness (QED) is 0.0927. The topological polar surface area (TPSA) is 254 Å². The Morgan fingerprint density at radius 1 is 0.578 bits per heavy atom. The van der Waals surface area contributed by atoms with Crippen molar-refractivity contribution in [3.05, 3.63) is 119 Å². The second-order valence-electron chi connectivity index (χ2n) is 26.6. The second kappa shape index (κ2) is 24.3. The van der Waals surface area contributed by atoms with Crippen molar-refractivity contribution in [2.24, 2.45) is 16.8 Å². The largest absolute Gasteiger partial charge is 0.454 e. The van der Waals surface area contributed by atoms with Gasteiger partial charge in [0, 0.05) is 55.4 Å². The van der Waals surface area contributed by atoms with Crippen LogP contribution in [0.5, 0.6) is 23.0 Å². The number of ether oxygens (including phenoxy) is 8. The van der Waals surface area contributed by atoms with E-state index in [1.165, 1.54) is 0 Å². The van der Waals surface area contributed by atoms with E-state index in [4.69, 9.17) is 47.9 Å². The second-order valence-corrected chi connectivity index (χ2v) is 26.6. The molecule has 0 bridgehead atoms. The first-order valence-electron chi connectivity index (χ1n) is 30.7. The van der Waals surface area contributed by atoms with Crippen molar-refractivity contribution in [3.63, 3.8) is 0 Å². The van der Waals surface area contributed by atoms with E-state index in [0.717, 1.165) is 55.8 Å². The summed E-state index contributed by atoms with van der Waals surface area (Å²) >= 11 is 0. The van der Waals surface area contributed by atoms with Gasteiger partial charge < -0.3 is 63.3 Å². The van der Waals surface area contributed by atoms with Crippen molar-refractivity contribution in [2.45, 2.75) is 162 Å². The summed E-state index contributed by atoms with van der Waals surface area (Å²) in [5.41, 5.74) is 8.23. The molecule has 7 aliphatic heterocycles. The summed E-state index contributed by atoms with van der Waals surface area (Å²) in [6.45, 7) is 19.6. The molecule has 1 unspecified atom stereocenters. The molecule has 12 rings (SSSR count). The molecule has 0 aliphatic carbocycles. The Bertz CT molecular complexity index is 3700. The maximum atomic E-state index is 14.7. The number of likely N-dealkylation sites (tertiary alicyclic amines) is 2. The van der Waals surface area contributed by atoms with E-state index >= 15 is 0 Å². The summed E-state index contributed by atoms with van der Waals surface area (Å²) in [6, 6.07) is 20.7. The van der Waals surface area contributed by atoms with Crippen molar-refractivity contribution >= 4 is 47.5 Å². The molecule has 2 saturated heterocycles. The Balaban J connectivity index is 0.714. The zero-order valence-corrected chi connectivity index (χ0v) is 52.4. The molecule has 5 aromatic rings. The van der Waals surface area contributed by atoms with Gasteiger partial charge in [0.25, 0.3) is 0 Å². The minimum absolute atomic E-state index is 0.0659. The fourth-order valence-electron chi connectivity index (χ4n) is 12.7. The number of nitrogens with zero attached hydrogens (tertiary/aromatic N) is 6. The number of rotatable bonds is 13. The van der Waals surface area contributed by atoms with Crippen LogP contribution in [0.1, 0.15) is 128 Å². The Morgan fingerprint density at radius 3 is 1.51 bits per heavy atom. The van der Waals surface area contributed by atoms with Crippen LogP contribution in [0.4, 0.5) is 19.2 Å². The zero-order valence-electron chi connectivity index (χ0n) is 52.4. The van der Waals surface area contributed by atoms with Gasteiger partial charge in [-0.25, -0.2) is 24.2 Å². The van der Waals surface area contributed by atoms with Crippen molar-refractivity contribution in [1.29, 1.82) is 0 Å². The average molecular weight is 1230 g/mol. The van der Waals surface area contributed by atoms with E-state index in [9.17, 15) is 28.8 Å². The molecule has 23 nitrogen and oxygen atoms in total. The van der Waals surface area contributed by atoms with E-state index in [2.05, 4.69) is 15.6 Å². The molecule has 7 aliphatic rings. The molecule has 4 aromatic carbocycles. The van der Waals surface area contributed by atoms with Gasteiger partial charge in [0.2, 0.25) is 25.4 Å². The number of hydrogen-bond acceptors (Lipinski definition) is 16. The van der Waals surface area contributed by atoms with Crippen LogP contribution in [0.2, 0.25) is 0 Å². The number of amides is 6. The Kier molecular flexibility index (Phi) is 16.4. The van der Waals surface area contributed by atoms with Crippen LogP contribution >= 0.6 is 0 Å². The molecule has 1 aromatic heterocycles. The SMILES string of the molecule is CC(C)[C@H](NC(=O)OC(C)(C)C)C(=O)N1C[C@H](OC(=O)N2Cc3ccc4c(c3C2)OCO4)CC1C1=NC=C(c2ccc(-c3ccc(-c4cnc([C@@H]5C[C@@H](OC(=O)N6Cc7ccc8c(c7C6)OCO8)CN5C(=O)[C@@H](NC(=O)OC(C)(C)C)C(C)C)[nH]4)cc3)cc2)C1. The molecular formula is C67H77N9O14. The standard InChI is InChI=1S/C67H77N9O14/c1-36(2)55(71-62(79)89-66(5,6)7)60(77)75-30-45(87-64(81)73-28-42-19-21-53-57(47(42)32-73)85-34-83-53)24-51(75)49-23-44(26-68-49)40-13-11-38(12-14-40)39-15-17-41(18-16-39)50-27-69-59(70-50)52-25-46(31-76(52)61(78)56(37(3)4)72-63(80)90-67(8,9)10)88-65(82)74-29-43-20-22-54-58(48(43)33-74)86-35-84-54/h11-22,26-27,36-37,45-46,51-52,55-56H,23-25,28-35H2,1-10H3,(H,69,70)(H,71,79)(H,72,80)/t45-,46-,51?,52+,55+,56+/m1/s1. The molecule has 6 atom stereocenters. The molecule has 6 amide bonds. The zero-order chi connectivity index (χ0) is 63.5. The van der Waals surface area contributed by atoms with Gasteiger partial charge in [-0.3, -0.25) is 24.4 Å². The number of allylic oxidation sites excluding steroid dienone is 1. The Morgan fingerprint density at radius 2 is 1.03 bits per heavy atom. The van der Waals surface area contributed by atoms with Crippen molar-refractivity contribution < 1.29 is 66.7 Å². The number of hydrogen-bond donors (Lipinski definition) is 3. The maximum Gasteiger partial charge on any atom is 0.410 e. The predicted molar refractivity (Wildman–Crippen MR) is 329 cm³/mol. The Hall–Kier alpha value is -9.28. The number of imidazole rings is 1. The number of aliphatic imine (C=N–C) groups is 1. The normalized spacial score (nSPS) is 20.4. The molecule has 474 valence electrons. The van der Waals surface area contributed by atoms with Crippen LogP contribution in [-0.2, 0) is 54.7 Å². The number of carbonyl (C=O) groups excluding carboxylic acids is 6. The first kappa shape index (κ1) is 61.0. The first-order chi connectivity index (χ1) is 42.9. The van der Waals surface area contributed by atoms with Gasteiger partial charge >= 0.3 is 24.4 Å². The van der Waals surface area contributed by atoms with E-state index in [1.807, 2.05) is 107 Å². The highest BCUT2D eigenvalue weighted by atomic mass is 16.7. The number of aromatic nitrogens is 2. The lowest BCUT2D eigenvalue weighted by atomic mass is 9.95. The number of fused-ring (bicyclic) bond motifs is 6. The first-order valence-corrected chi connectivity index (χ1v) is 30.7. The molecular weight excluding hydrogens is 1150 g/mol. The van der Waals surface area contributed by atoms with Crippen molar-refractivity contribution in [2.75, 3.05) is 26.7 Å². The average Bonchev–Trinajstić information content (AvgIpc) is 1.78. The minimum Gasteiger partial charge on any atom is -0.454 e. The third-order valence-electron chi connectivity index (χ3n) is 17.1. The van der Waals surface area contributed by atoms with Gasteiger partial charge in [-0.2, -0.15) is 0 Å². The van der Waals surface area contributed by atoms with Gasteiger partial charge in [-0.05, 0) is 104 Å². The highest BCUT2D eigenvalue weighted by Crippen LogP contribution is 2.44. The molecule has 90 heavy (non-hydrogen) atoms. The van der Waals surface area contributed by atoms with Gasteiger partial charge in [0.1, 0.15) is 41.3 Å². The van der Waals surface area contributed by atoms with E-state index in [0.29, 0.717) is 67.0 Å². The molecule has 2 fully saturated rings. The summed E-state index contributed by atoms with van der Waals surface area (Å²) in [7, 11) is 0. The molecule has 0 saturated carbocycles. The van der Waals surface area contributed by atoms with Gasteiger partial charge in [0.15, 0.2) is 23.0 Å². The predicted octanol–water partition coefficient (Wildman–Crippen LogP) is 10.4. The highest BCUT2D eigenvalue weighted by molar-refractivity contribution is 6.04. The van der Waals surface area contributed by atoms with E-state index < -0.39 is 72.0 Å². The van der Waals surface area contributed by atoms with Crippen LogP contribution < -0.4 is 29.6 Å². The van der Waals surface area contributed by atoms with Crippen LogP contribution in [0.3, 0.4) is 0 Å². The van der Waals surface area contributed by atoms with Gasteiger partial charge in [-0.15, -0.1) is 0 Å². The van der Waals surface area contributed by atoms with Crippen molar-refractivity contribution in [3.8, 4) is 45.4 Å². The van der Waals surface area contributed by atoms with Crippen LogP contribution in [0, 0.1) is 11.8 Å². The minimum atomic E-state index is -0.950. The number of H-pyrrole nitrogens is 1. The van der Waals surface area contributed by atoms with E-state index in [1.54, 1.807) is 67.3 Å². The summed E-state index contributed by atoms with van der Waals surface area (Å²) in [4.78, 5) is 103. The molecule has 8 heterocycles. The molecule has 3 N–H and O–H groups in total. The lowest BCUT2D eigenvalue weighted by Crippen LogP contribution is -2.54. The van der Waals surface area contributed by atoms with Crippen LogP contribution in [-0.4, -0.2) is 140 Å². The third kappa shape index (κ3) is 12.8. The number of carbonyl (C=O) groups is 6. The fourth-order valence-corrected chi connectivity index (χ4v) is 12.7. The third-order valence-corrected chi connectivity index (χ3v) is 17.1. The van der Waals surface area contributed by atoms with Gasteiger partial charge in [0.05, 0.1) is 50.2 Å². The van der Waals surface area contributed by atoms with Crippen LogP contribution in [0.15, 0.2) is 90.2 Å². The molecule has 0 spiro atoms. The monoisotopic (exact) mass is 1230 g/mol. The summed E-state index contributed by atoms with van der Waals surface area (Å²) < 4.78 is 46.1.